The molecule has 4 unspecified atom stereocenters. The Labute approximate surface area is 122 Å². The molecule has 0 bridgehead atoms. The van der Waals surface area contributed by atoms with Gasteiger partial charge in [-0.15, -0.1) is 0 Å². The lowest BCUT2D eigenvalue weighted by molar-refractivity contribution is -0.407. The van der Waals surface area contributed by atoms with Crippen LogP contribution >= 0.6 is 0 Å². The highest BCUT2D eigenvalue weighted by Crippen LogP contribution is 2.48. The number of ether oxygens (including phenoxy) is 1. The average molecular weight is 286 g/mol. The van der Waals surface area contributed by atoms with Crippen LogP contribution < -0.4 is 0 Å². The summed E-state index contributed by atoms with van der Waals surface area (Å²) >= 11 is 0. The van der Waals surface area contributed by atoms with Gasteiger partial charge in [-0.25, -0.2) is 10.1 Å². The highest BCUT2D eigenvalue weighted by Gasteiger charge is 2.46. The predicted octanol–water partition coefficient (Wildman–Crippen LogP) is 3.44. The Kier molecular flexibility index (Phi) is 5.11. The van der Waals surface area contributed by atoms with Gasteiger partial charge in [0.15, 0.2) is 5.79 Å². The van der Waals surface area contributed by atoms with E-state index in [4.69, 9.17) is 9.99 Å². The quantitative estimate of drug-likeness (QED) is 0.616. The summed E-state index contributed by atoms with van der Waals surface area (Å²) in [4.78, 5) is 4.61. The molecular weight excluding hydrogens is 256 g/mol. The Morgan fingerprint density at radius 2 is 1.95 bits per heavy atom. The largest absolute Gasteiger partial charge is 0.393 e. The van der Waals surface area contributed by atoms with E-state index in [-0.39, 0.29) is 18.1 Å². The van der Waals surface area contributed by atoms with Crippen molar-refractivity contribution in [3.8, 4) is 0 Å². The predicted molar refractivity (Wildman–Crippen MR) is 77.1 cm³/mol. The number of hydrogen-bond donors (Lipinski definition) is 2. The van der Waals surface area contributed by atoms with Crippen molar-refractivity contribution in [3.05, 3.63) is 0 Å². The molecule has 4 nitrogen and oxygen atoms in total. The van der Waals surface area contributed by atoms with E-state index in [1.54, 1.807) is 0 Å². The van der Waals surface area contributed by atoms with E-state index in [0.29, 0.717) is 17.8 Å². The maximum Gasteiger partial charge on any atom is 0.198 e. The highest BCUT2D eigenvalue weighted by molar-refractivity contribution is 4.92. The van der Waals surface area contributed by atoms with Gasteiger partial charge in [0, 0.05) is 6.42 Å². The number of fused-ring (bicyclic) bond motifs is 1. The summed E-state index contributed by atoms with van der Waals surface area (Å²) in [5.74, 6) is 0.959. The Morgan fingerprint density at radius 1 is 1.25 bits per heavy atom. The first-order chi connectivity index (χ1) is 9.38. The molecule has 2 rings (SSSR count). The zero-order chi connectivity index (χ0) is 14.9. The summed E-state index contributed by atoms with van der Waals surface area (Å²) < 4.78 is 6.02. The standard InChI is InChI=1S/C16H30O4/c1-10(11(2)17)14-7-5-6-13-8-9-16(4,20-18)19-12(3)15(13)14/h10-15,17-18H,5-9H2,1-4H3/t10-,11+,12-,13?,14?,15?,16?/m0/s1. The summed E-state index contributed by atoms with van der Waals surface area (Å²) in [7, 11) is 0. The van der Waals surface area contributed by atoms with Crippen LogP contribution in [-0.4, -0.2) is 28.4 Å². The molecule has 4 heteroatoms. The fourth-order valence-corrected chi connectivity index (χ4v) is 4.44. The van der Waals surface area contributed by atoms with E-state index >= 15 is 0 Å². The van der Waals surface area contributed by atoms with E-state index in [1.165, 1.54) is 12.8 Å². The number of aliphatic hydroxyl groups is 1. The van der Waals surface area contributed by atoms with Crippen LogP contribution in [0.4, 0.5) is 0 Å². The van der Waals surface area contributed by atoms with Crippen molar-refractivity contribution < 1.29 is 20.0 Å². The molecule has 0 amide bonds. The molecule has 0 aromatic heterocycles. The first-order valence-electron chi connectivity index (χ1n) is 8.06. The van der Waals surface area contributed by atoms with Crippen molar-refractivity contribution in [2.75, 3.05) is 0 Å². The molecule has 1 heterocycles. The summed E-state index contributed by atoms with van der Waals surface area (Å²) in [6, 6.07) is 0. The fourth-order valence-electron chi connectivity index (χ4n) is 4.44. The van der Waals surface area contributed by atoms with Crippen molar-refractivity contribution in [3.63, 3.8) is 0 Å². The molecule has 1 aliphatic heterocycles. The summed E-state index contributed by atoms with van der Waals surface area (Å²) in [6.07, 6.45) is 5.13. The third kappa shape index (κ3) is 3.19. The van der Waals surface area contributed by atoms with Gasteiger partial charge in [0.25, 0.3) is 0 Å². The minimum Gasteiger partial charge on any atom is -0.393 e. The number of rotatable bonds is 3. The van der Waals surface area contributed by atoms with Crippen molar-refractivity contribution in [1.29, 1.82) is 0 Å². The second kappa shape index (κ2) is 6.30. The molecule has 7 atom stereocenters. The maximum atomic E-state index is 9.96. The van der Waals surface area contributed by atoms with Gasteiger partial charge in [-0.05, 0) is 57.3 Å². The second-order valence-electron chi connectivity index (χ2n) is 7.12. The average Bonchev–Trinajstić information content (AvgIpc) is 2.55. The first-order valence-corrected chi connectivity index (χ1v) is 8.06. The number of aliphatic hydroxyl groups excluding tert-OH is 1. The molecular formula is C16H30O4. The molecule has 2 N–H and O–H groups in total. The van der Waals surface area contributed by atoms with Gasteiger partial charge in [0.2, 0.25) is 0 Å². The van der Waals surface area contributed by atoms with Gasteiger partial charge >= 0.3 is 0 Å². The third-order valence-corrected chi connectivity index (χ3v) is 5.73. The zero-order valence-electron chi connectivity index (χ0n) is 13.2. The maximum absolute atomic E-state index is 9.96. The summed E-state index contributed by atoms with van der Waals surface area (Å²) in [5, 5.41) is 19.1. The lowest BCUT2D eigenvalue weighted by Gasteiger charge is -2.43. The fraction of sp³-hybridized carbons (Fsp3) is 1.00. The van der Waals surface area contributed by atoms with E-state index in [0.717, 1.165) is 19.3 Å². The lowest BCUT2D eigenvalue weighted by Crippen LogP contribution is -2.43. The Morgan fingerprint density at radius 3 is 2.55 bits per heavy atom. The van der Waals surface area contributed by atoms with Crippen molar-refractivity contribution in [2.24, 2.45) is 23.7 Å². The topological polar surface area (TPSA) is 58.9 Å². The molecule has 1 aliphatic carbocycles. The van der Waals surface area contributed by atoms with Crippen LogP contribution in [0, 0.1) is 23.7 Å². The van der Waals surface area contributed by atoms with Crippen molar-refractivity contribution in [2.45, 2.75) is 77.8 Å². The first kappa shape index (κ1) is 16.2. The Balaban J connectivity index is 2.20. The summed E-state index contributed by atoms with van der Waals surface area (Å²) in [6.45, 7) is 7.94. The zero-order valence-corrected chi connectivity index (χ0v) is 13.2. The molecule has 0 aromatic rings. The van der Waals surface area contributed by atoms with Crippen LogP contribution in [-0.2, 0) is 9.62 Å². The molecule has 118 valence electrons. The Hall–Kier alpha value is -0.160. The monoisotopic (exact) mass is 286 g/mol. The van der Waals surface area contributed by atoms with Crippen LogP contribution in [0.25, 0.3) is 0 Å². The minimum atomic E-state index is -0.880. The van der Waals surface area contributed by atoms with E-state index < -0.39 is 5.79 Å². The van der Waals surface area contributed by atoms with Crippen molar-refractivity contribution >= 4 is 0 Å². The van der Waals surface area contributed by atoms with Crippen LogP contribution in [0.15, 0.2) is 0 Å². The normalized spacial score (nSPS) is 45.3. The minimum absolute atomic E-state index is 0.0474. The lowest BCUT2D eigenvalue weighted by atomic mass is 9.64. The van der Waals surface area contributed by atoms with Crippen molar-refractivity contribution in [1.82, 2.24) is 0 Å². The second-order valence-corrected chi connectivity index (χ2v) is 7.12. The summed E-state index contributed by atoms with van der Waals surface area (Å²) in [5.41, 5.74) is 0. The van der Waals surface area contributed by atoms with E-state index in [2.05, 4.69) is 18.7 Å². The van der Waals surface area contributed by atoms with Gasteiger partial charge in [-0.3, -0.25) is 0 Å². The smallest absolute Gasteiger partial charge is 0.198 e. The van der Waals surface area contributed by atoms with Gasteiger partial charge in [-0.1, -0.05) is 19.8 Å². The van der Waals surface area contributed by atoms with Gasteiger partial charge in [-0.2, -0.15) is 0 Å². The van der Waals surface area contributed by atoms with Crippen LogP contribution in [0.2, 0.25) is 0 Å². The van der Waals surface area contributed by atoms with Gasteiger partial charge < -0.3 is 9.84 Å². The molecule has 20 heavy (non-hydrogen) atoms. The SMILES string of the molecule is C[C@@H]1OC(C)(OO)CCC2CCCC([C@@H](C)[C@@H](C)O)C21. The molecule has 2 aliphatic rings. The molecule has 1 saturated heterocycles. The van der Waals surface area contributed by atoms with E-state index in [9.17, 15) is 5.11 Å². The molecule has 0 aromatic carbocycles. The Bertz CT molecular complexity index is 320. The van der Waals surface area contributed by atoms with E-state index in [1.807, 2.05) is 13.8 Å². The third-order valence-electron chi connectivity index (χ3n) is 5.73. The van der Waals surface area contributed by atoms with Crippen LogP contribution in [0.5, 0.6) is 0 Å². The van der Waals surface area contributed by atoms with Crippen LogP contribution in [0.3, 0.4) is 0 Å². The molecule has 0 radical (unpaired) electrons. The molecule has 1 saturated carbocycles. The highest BCUT2D eigenvalue weighted by atomic mass is 17.1. The number of hydrogen-bond acceptors (Lipinski definition) is 4. The molecule has 2 fully saturated rings. The molecule has 0 spiro atoms. The van der Waals surface area contributed by atoms with Gasteiger partial charge in [0.05, 0.1) is 12.2 Å². The van der Waals surface area contributed by atoms with Gasteiger partial charge in [0.1, 0.15) is 0 Å². The van der Waals surface area contributed by atoms with Crippen LogP contribution in [0.1, 0.15) is 59.8 Å².